The van der Waals surface area contributed by atoms with Gasteiger partial charge in [-0.3, -0.25) is 4.79 Å². The summed E-state index contributed by atoms with van der Waals surface area (Å²) in [6, 6.07) is 8.87. The maximum Gasteiger partial charge on any atom is 0.249 e. The Labute approximate surface area is 189 Å². The molecule has 0 saturated heterocycles. The SMILES string of the molecule is Cc1cc(N2CCc3cc(F)ccc3C2)cc(C2CC(F)(F)C2)c1NC(=O)CC(C)(C)C.[HH]. The molecule has 0 radical (unpaired) electrons. The molecule has 1 N–H and O–H groups in total. The number of rotatable bonds is 4. The summed E-state index contributed by atoms with van der Waals surface area (Å²) in [7, 11) is 0. The third-order valence-corrected chi connectivity index (χ3v) is 6.38. The van der Waals surface area contributed by atoms with E-state index in [0.717, 1.165) is 40.9 Å². The van der Waals surface area contributed by atoms with Crippen LogP contribution in [-0.2, 0) is 17.8 Å². The van der Waals surface area contributed by atoms with E-state index in [0.29, 0.717) is 18.7 Å². The second-order valence-corrected chi connectivity index (χ2v) is 10.6. The minimum atomic E-state index is -2.64. The van der Waals surface area contributed by atoms with Crippen LogP contribution in [0, 0.1) is 18.2 Å². The van der Waals surface area contributed by atoms with Crippen molar-refractivity contribution in [1.29, 1.82) is 0 Å². The molecule has 0 spiro atoms. The van der Waals surface area contributed by atoms with Gasteiger partial charge in [-0.2, -0.15) is 0 Å². The van der Waals surface area contributed by atoms with Gasteiger partial charge in [0.2, 0.25) is 11.8 Å². The normalized spacial score (nSPS) is 18.2. The van der Waals surface area contributed by atoms with E-state index >= 15 is 0 Å². The summed E-state index contributed by atoms with van der Waals surface area (Å²) < 4.78 is 41.0. The van der Waals surface area contributed by atoms with Gasteiger partial charge in [-0.05, 0) is 71.2 Å². The van der Waals surface area contributed by atoms with E-state index in [9.17, 15) is 18.0 Å². The van der Waals surface area contributed by atoms with Gasteiger partial charge in [-0.15, -0.1) is 0 Å². The highest BCUT2D eigenvalue weighted by Crippen LogP contribution is 2.51. The largest absolute Gasteiger partial charge is 0.367 e. The summed E-state index contributed by atoms with van der Waals surface area (Å²) >= 11 is 0. The molecule has 1 aliphatic heterocycles. The Hall–Kier alpha value is -2.50. The van der Waals surface area contributed by atoms with Crippen molar-refractivity contribution in [3.63, 3.8) is 0 Å². The van der Waals surface area contributed by atoms with Gasteiger partial charge in [0.05, 0.1) is 0 Å². The van der Waals surface area contributed by atoms with Crippen LogP contribution < -0.4 is 10.2 Å². The number of fused-ring (bicyclic) bond motifs is 1. The summed E-state index contributed by atoms with van der Waals surface area (Å²) in [6.45, 7) is 9.28. The average Bonchev–Trinajstić information content (AvgIpc) is 2.65. The van der Waals surface area contributed by atoms with Crippen molar-refractivity contribution in [2.45, 2.75) is 71.8 Å². The van der Waals surface area contributed by atoms with Gasteiger partial charge in [0.25, 0.3) is 0 Å². The van der Waals surface area contributed by atoms with E-state index in [1.807, 2.05) is 45.9 Å². The van der Waals surface area contributed by atoms with Gasteiger partial charge in [0.1, 0.15) is 5.82 Å². The molecule has 0 bridgehead atoms. The quantitative estimate of drug-likeness (QED) is 0.558. The first-order valence-electron chi connectivity index (χ1n) is 11.2. The number of anilines is 2. The highest BCUT2D eigenvalue weighted by Gasteiger charge is 2.47. The van der Waals surface area contributed by atoms with E-state index in [-0.39, 0.29) is 37.3 Å². The van der Waals surface area contributed by atoms with Crippen LogP contribution in [0.15, 0.2) is 30.3 Å². The molecule has 1 heterocycles. The molecule has 0 unspecified atom stereocenters. The van der Waals surface area contributed by atoms with Crippen LogP contribution >= 0.6 is 0 Å². The van der Waals surface area contributed by atoms with Gasteiger partial charge in [-0.25, -0.2) is 13.2 Å². The van der Waals surface area contributed by atoms with E-state index in [4.69, 9.17) is 0 Å². The Balaban J connectivity index is 0.00000306. The molecule has 6 heteroatoms. The molecule has 0 aromatic heterocycles. The van der Waals surface area contributed by atoms with Gasteiger partial charge in [-0.1, -0.05) is 26.8 Å². The molecule has 1 saturated carbocycles. The summed E-state index contributed by atoms with van der Waals surface area (Å²) in [5.74, 6) is -3.25. The van der Waals surface area contributed by atoms with E-state index in [1.165, 1.54) is 6.07 Å². The Kier molecular flexibility index (Phi) is 5.76. The number of benzene rings is 2. The highest BCUT2D eigenvalue weighted by atomic mass is 19.3. The first-order chi connectivity index (χ1) is 14.9. The second kappa shape index (κ2) is 8.13. The molecular weight excluding hydrogens is 413 g/mol. The predicted molar refractivity (Wildman–Crippen MR) is 124 cm³/mol. The standard InChI is InChI=1S/C26H31F3N2O.H2/c1-16-9-21(31-8-7-17-10-20(27)6-5-18(17)15-31)11-22(19-12-26(28,29)13-19)24(16)30-23(32)14-25(2,3)4;/h5-6,9-11,19H,7-8,12-15H2,1-4H3,(H,30,32);1H. The number of halogens is 3. The minimum Gasteiger partial charge on any atom is -0.367 e. The van der Waals surface area contributed by atoms with Crippen molar-refractivity contribution >= 4 is 17.3 Å². The van der Waals surface area contributed by atoms with Crippen LogP contribution in [0.2, 0.25) is 0 Å². The maximum absolute atomic E-state index is 13.7. The molecule has 2 aromatic rings. The number of nitrogens with zero attached hydrogens (tertiary/aromatic N) is 1. The minimum absolute atomic E-state index is 0. The lowest BCUT2D eigenvalue weighted by molar-refractivity contribution is -0.117. The zero-order valence-corrected chi connectivity index (χ0v) is 19.2. The molecule has 32 heavy (non-hydrogen) atoms. The summed E-state index contributed by atoms with van der Waals surface area (Å²) in [6.07, 6.45) is 0.696. The molecule has 2 aromatic carbocycles. The van der Waals surface area contributed by atoms with Crippen molar-refractivity contribution in [1.82, 2.24) is 0 Å². The third kappa shape index (κ3) is 4.94. The van der Waals surface area contributed by atoms with E-state index in [2.05, 4.69) is 10.2 Å². The fourth-order valence-corrected chi connectivity index (χ4v) is 4.76. The number of hydrogen-bond donors (Lipinski definition) is 1. The monoisotopic (exact) mass is 446 g/mol. The number of amides is 1. The van der Waals surface area contributed by atoms with Gasteiger partial charge in [0.15, 0.2) is 0 Å². The third-order valence-electron chi connectivity index (χ3n) is 6.38. The average molecular weight is 447 g/mol. The fourth-order valence-electron chi connectivity index (χ4n) is 4.76. The molecule has 174 valence electrons. The number of carbonyl (C=O) groups excluding carboxylic acids is 1. The van der Waals surface area contributed by atoms with E-state index < -0.39 is 5.92 Å². The molecule has 1 aliphatic carbocycles. The van der Waals surface area contributed by atoms with Crippen LogP contribution in [0.25, 0.3) is 0 Å². The fraction of sp³-hybridized carbons (Fsp3) is 0.500. The van der Waals surface area contributed by atoms with E-state index in [1.54, 1.807) is 6.07 Å². The van der Waals surface area contributed by atoms with Crippen LogP contribution in [-0.4, -0.2) is 18.4 Å². The summed E-state index contributed by atoms with van der Waals surface area (Å²) in [4.78, 5) is 14.8. The smallest absolute Gasteiger partial charge is 0.249 e. The predicted octanol–water partition coefficient (Wildman–Crippen LogP) is 6.83. The summed E-state index contributed by atoms with van der Waals surface area (Å²) in [5, 5.41) is 3.02. The van der Waals surface area contributed by atoms with Crippen LogP contribution in [0.3, 0.4) is 0 Å². The zero-order chi connectivity index (χ0) is 23.3. The molecular formula is C26H33F3N2O. The van der Waals surface area contributed by atoms with Crippen LogP contribution in [0.4, 0.5) is 24.5 Å². The number of carbonyl (C=O) groups is 1. The lowest BCUT2D eigenvalue weighted by Crippen LogP contribution is -2.35. The first kappa shape index (κ1) is 22.7. The van der Waals surface area contributed by atoms with Crippen molar-refractivity contribution in [2.75, 3.05) is 16.8 Å². The lowest BCUT2D eigenvalue weighted by Gasteiger charge is -2.38. The van der Waals surface area contributed by atoms with Crippen molar-refractivity contribution < 1.29 is 19.4 Å². The molecule has 1 fully saturated rings. The Morgan fingerprint density at radius 3 is 2.56 bits per heavy atom. The topological polar surface area (TPSA) is 32.3 Å². The van der Waals surface area contributed by atoms with Gasteiger partial charge >= 0.3 is 0 Å². The van der Waals surface area contributed by atoms with Gasteiger partial charge in [0, 0.05) is 45.2 Å². The number of alkyl halides is 2. The molecule has 0 atom stereocenters. The Morgan fingerprint density at radius 2 is 1.91 bits per heavy atom. The Bertz CT molecular complexity index is 1040. The van der Waals surface area contributed by atoms with Crippen molar-refractivity contribution in [3.8, 4) is 0 Å². The van der Waals surface area contributed by atoms with Crippen LogP contribution in [0.5, 0.6) is 0 Å². The Morgan fingerprint density at radius 1 is 1.19 bits per heavy atom. The number of nitrogens with one attached hydrogen (secondary N) is 1. The number of hydrogen-bond acceptors (Lipinski definition) is 2. The zero-order valence-electron chi connectivity index (χ0n) is 19.2. The first-order valence-corrected chi connectivity index (χ1v) is 11.2. The lowest BCUT2D eigenvalue weighted by atomic mass is 9.75. The van der Waals surface area contributed by atoms with Crippen LogP contribution in [0.1, 0.15) is 69.6 Å². The van der Waals surface area contributed by atoms with Crippen molar-refractivity contribution in [2.24, 2.45) is 5.41 Å². The number of aryl methyl sites for hydroxylation is 1. The molecule has 2 aliphatic rings. The maximum atomic E-state index is 13.7. The van der Waals surface area contributed by atoms with Crippen molar-refractivity contribution in [3.05, 3.63) is 58.4 Å². The molecule has 1 amide bonds. The molecule has 3 nitrogen and oxygen atoms in total. The van der Waals surface area contributed by atoms with Gasteiger partial charge < -0.3 is 10.2 Å². The second-order valence-electron chi connectivity index (χ2n) is 10.6. The highest BCUT2D eigenvalue weighted by molar-refractivity contribution is 5.93. The molecule has 4 rings (SSSR count). The summed E-state index contributed by atoms with van der Waals surface area (Å²) in [5.41, 5.74) is 5.22.